The van der Waals surface area contributed by atoms with Gasteiger partial charge in [-0.1, -0.05) is 11.8 Å². The monoisotopic (exact) mass is 382 g/mol. The van der Waals surface area contributed by atoms with Gasteiger partial charge in [0.25, 0.3) is 0 Å². The number of ether oxygens (including phenoxy) is 2. The van der Waals surface area contributed by atoms with Crippen LogP contribution in [0.2, 0.25) is 0 Å². The summed E-state index contributed by atoms with van der Waals surface area (Å²) in [5, 5.41) is 0.801. The average Bonchev–Trinajstić information content (AvgIpc) is 3.28. The van der Waals surface area contributed by atoms with Gasteiger partial charge < -0.3 is 18.9 Å². The number of pyridine rings is 1. The van der Waals surface area contributed by atoms with E-state index in [9.17, 15) is 0 Å². The maximum atomic E-state index is 5.88. The molecule has 3 heterocycles. The van der Waals surface area contributed by atoms with E-state index in [1.807, 2.05) is 37.3 Å². The summed E-state index contributed by atoms with van der Waals surface area (Å²) in [5.41, 5.74) is 3.27. The zero-order valence-corrected chi connectivity index (χ0v) is 16.0. The summed E-state index contributed by atoms with van der Waals surface area (Å²) in [6.07, 6.45) is 1.73. The van der Waals surface area contributed by atoms with Gasteiger partial charge in [-0.2, -0.15) is 0 Å². The predicted octanol–water partition coefficient (Wildman–Crippen LogP) is 4.23. The molecule has 3 aromatic heterocycles. The Bertz CT molecular complexity index is 1060. The van der Waals surface area contributed by atoms with Crippen molar-refractivity contribution >= 4 is 22.9 Å². The number of nitrogens with one attached hydrogen (secondary N) is 1. The van der Waals surface area contributed by atoms with Gasteiger partial charge in [0.15, 0.2) is 10.8 Å². The molecule has 0 fully saturated rings. The van der Waals surface area contributed by atoms with Gasteiger partial charge in [0.05, 0.1) is 31.0 Å². The maximum Gasteiger partial charge on any atom is 0.230 e. The summed E-state index contributed by atoms with van der Waals surface area (Å²) in [6, 6.07) is 9.38. The summed E-state index contributed by atoms with van der Waals surface area (Å²) in [6.45, 7) is 1.91. The molecule has 0 saturated carbocycles. The van der Waals surface area contributed by atoms with Crippen LogP contribution >= 0.6 is 11.8 Å². The molecule has 8 heteroatoms. The summed E-state index contributed by atoms with van der Waals surface area (Å²) in [5.74, 6) is 3.29. The zero-order valence-electron chi connectivity index (χ0n) is 15.1. The van der Waals surface area contributed by atoms with Crippen molar-refractivity contribution < 1.29 is 13.9 Å². The standard InChI is InChI=1S/C19H18N4O3S/c1-11-15(10-27-19-22-14-5-4-8-20-17(14)23-19)21-18(26-11)13-7-6-12(24-2)9-16(13)25-3/h4-9H,10H2,1-3H3,(H,20,22,23). The van der Waals surface area contributed by atoms with E-state index in [0.29, 0.717) is 28.8 Å². The molecular weight excluding hydrogens is 364 g/mol. The minimum Gasteiger partial charge on any atom is -0.497 e. The number of thioether (sulfide) groups is 1. The van der Waals surface area contributed by atoms with Gasteiger partial charge in [0.2, 0.25) is 5.89 Å². The fraction of sp³-hybridized carbons (Fsp3) is 0.211. The Morgan fingerprint density at radius 3 is 2.81 bits per heavy atom. The van der Waals surface area contributed by atoms with E-state index < -0.39 is 0 Å². The maximum absolute atomic E-state index is 5.88. The molecule has 0 unspecified atom stereocenters. The molecule has 1 N–H and O–H groups in total. The van der Waals surface area contributed by atoms with Crippen LogP contribution < -0.4 is 9.47 Å². The minimum absolute atomic E-state index is 0.522. The van der Waals surface area contributed by atoms with Gasteiger partial charge in [0.1, 0.15) is 17.3 Å². The van der Waals surface area contributed by atoms with Crippen LogP contribution in [-0.2, 0) is 5.75 Å². The number of aryl methyl sites for hydroxylation is 1. The number of imidazole rings is 1. The topological polar surface area (TPSA) is 86.1 Å². The summed E-state index contributed by atoms with van der Waals surface area (Å²) >= 11 is 1.56. The molecule has 0 bridgehead atoms. The van der Waals surface area contributed by atoms with E-state index in [2.05, 4.69) is 19.9 Å². The number of fused-ring (bicyclic) bond motifs is 1. The van der Waals surface area contributed by atoms with Gasteiger partial charge >= 0.3 is 0 Å². The molecule has 0 radical (unpaired) electrons. The lowest BCUT2D eigenvalue weighted by Crippen LogP contribution is -1.91. The smallest absolute Gasteiger partial charge is 0.230 e. The largest absolute Gasteiger partial charge is 0.497 e. The Balaban J connectivity index is 1.56. The molecule has 0 saturated heterocycles. The second-order valence-electron chi connectivity index (χ2n) is 5.79. The molecule has 7 nitrogen and oxygen atoms in total. The van der Waals surface area contributed by atoms with E-state index >= 15 is 0 Å². The third-order valence-electron chi connectivity index (χ3n) is 4.11. The molecular formula is C19H18N4O3S. The second kappa shape index (κ2) is 7.32. The Morgan fingerprint density at radius 2 is 2.04 bits per heavy atom. The summed E-state index contributed by atoms with van der Waals surface area (Å²) in [4.78, 5) is 16.6. The molecule has 138 valence electrons. The van der Waals surface area contributed by atoms with Crippen LogP contribution in [0.1, 0.15) is 11.5 Å². The number of H-pyrrole nitrogens is 1. The predicted molar refractivity (Wildman–Crippen MR) is 103 cm³/mol. The summed E-state index contributed by atoms with van der Waals surface area (Å²) in [7, 11) is 3.23. The van der Waals surface area contributed by atoms with Crippen molar-refractivity contribution in [2.75, 3.05) is 14.2 Å². The molecule has 0 spiro atoms. The van der Waals surface area contributed by atoms with Crippen LogP contribution in [-0.4, -0.2) is 34.2 Å². The highest BCUT2D eigenvalue weighted by molar-refractivity contribution is 7.98. The molecule has 0 amide bonds. The van der Waals surface area contributed by atoms with Crippen molar-refractivity contribution in [2.24, 2.45) is 0 Å². The van der Waals surface area contributed by atoms with Gasteiger partial charge in [-0.05, 0) is 31.2 Å². The quantitative estimate of drug-likeness (QED) is 0.499. The lowest BCUT2D eigenvalue weighted by molar-refractivity contribution is 0.394. The first-order chi connectivity index (χ1) is 13.2. The van der Waals surface area contributed by atoms with Crippen molar-refractivity contribution in [3.63, 3.8) is 0 Å². The van der Waals surface area contributed by atoms with E-state index in [0.717, 1.165) is 27.7 Å². The van der Waals surface area contributed by atoms with Crippen molar-refractivity contribution in [2.45, 2.75) is 17.8 Å². The number of benzene rings is 1. The molecule has 0 aliphatic rings. The lowest BCUT2D eigenvalue weighted by atomic mass is 10.2. The van der Waals surface area contributed by atoms with Crippen LogP contribution in [0.5, 0.6) is 11.5 Å². The molecule has 4 rings (SSSR count). The third-order valence-corrected chi connectivity index (χ3v) is 5.00. The number of aromatic amines is 1. The number of aromatic nitrogens is 4. The molecule has 0 aliphatic carbocycles. The van der Waals surface area contributed by atoms with Crippen LogP contribution in [0.4, 0.5) is 0 Å². The number of rotatable bonds is 6. The van der Waals surface area contributed by atoms with Gasteiger partial charge in [-0.15, -0.1) is 0 Å². The molecule has 0 aliphatic heterocycles. The highest BCUT2D eigenvalue weighted by Gasteiger charge is 2.17. The van der Waals surface area contributed by atoms with Crippen molar-refractivity contribution in [3.8, 4) is 23.0 Å². The molecule has 0 atom stereocenters. The van der Waals surface area contributed by atoms with Crippen molar-refractivity contribution in [1.29, 1.82) is 0 Å². The first kappa shape index (κ1) is 17.4. The van der Waals surface area contributed by atoms with E-state index in [1.54, 1.807) is 32.2 Å². The normalized spacial score (nSPS) is 11.1. The summed E-state index contributed by atoms with van der Waals surface area (Å²) < 4.78 is 16.6. The van der Waals surface area contributed by atoms with Gasteiger partial charge in [0, 0.05) is 18.0 Å². The highest BCUT2D eigenvalue weighted by atomic mass is 32.2. The Kier molecular flexibility index (Phi) is 4.72. The van der Waals surface area contributed by atoms with Crippen LogP contribution in [0.25, 0.3) is 22.6 Å². The number of methoxy groups -OCH3 is 2. The molecule has 1 aromatic carbocycles. The average molecular weight is 382 g/mol. The van der Waals surface area contributed by atoms with Gasteiger partial charge in [-0.3, -0.25) is 0 Å². The van der Waals surface area contributed by atoms with Crippen molar-refractivity contribution in [3.05, 3.63) is 48.0 Å². The lowest BCUT2D eigenvalue weighted by Gasteiger charge is -2.07. The molecule has 27 heavy (non-hydrogen) atoms. The third kappa shape index (κ3) is 3.48. The number of oxazole rings is 1. The van der Waals surface area contributed by atoms with Crippen molar-refractivity contribution in [1.82, 2.24) is 19.9 Å². The number of hydrogen-bond acceptors (Lipinski definition) is 7. The first-order valence-corrected chi connectivity index (χ1v) is 9.28. The zero-order chi connectivity index (χ0) is 18.8. The van der Waals surface area contributed by atoms with Gasteiger partial charge in [-0.25, -0.2) is 15.0 Å². The van der Waals surface area contributed by atoms with Crippen LogP contribution in [0, 0.1) is 6.92 Å². The second-order valence-corrected chi connectivity index (χ2v) is 6.76. The fourth-order valence-electron chi connectivity index (χ4n) is 2.68. The number of hydrogen-bond donors (Lipinski definition) is 1. The minimum atomic E-state index is 0.522. The first-order valence-electron chi connectivity index (χ1n) is 8.30. The fourth-order valence-corrected chi connectivity index (χ4v) is 3.55. The van der Waals surface area contributed by atoms with Crippen LogP contribution in [0.15, 0.2) is 46.1 Å². The highest BCUT2D eigenvalue weighted by Crippen LogP contribution is 2.34. The van der Waals surface area contributed by atoms with E-state index in [-0.39, 0.29) is 0 Å². The Hall–Kier alpha value is -3.00. The van der Waals surface area contributed by atoms with E-state index in [4.69, 9.17) is 13.9 Å². The Labute approximate surface area is 160 Å². The van der Waals surface area contributed by atoms with E-state index in [1.165, 1.54) is 0 Å². The molecule has 4 aromatic rings. The SMILES string of the molecule is COc1ccc(-c2nc(CSc3nc4ncccc4[nH]3)c(C)o2)c(OC)c1. The number of nitrogens with zero attached hydrogens (tertiary/aromatic N) is 3. The van der Waals surface area contributed by atoms with Crippen LogP contribution in [0.3, 0.4) is 0 Å². The Morgan fingerprint density at radius 1 is 1.15 bits per heavy atom.